The Morgan fingerprint density at radius 1 is 0.745 bits per heavy atom. The molecule has 0 N–H and O–H groups in total. The van der Waals surface area contributed by atoms with E-state index in [4.69, 9.17) is 42.5 Å². The van der Waals surface area contributed by atoms with Crippen LogP contribution in [0.4, 0.5) is 17.6 Å². The van der Waals surface area contributed by atoms with Gasteiger partial charge in [-0.15, -0.1) is 0 Å². The summed E-state index contributed by atoms with van der Waals surface area (Å²) in [7, 11) is -0.977. The van der Waals surface area contributed by atoms with E-state index < -0.39 is 115 Å². The summed E-state index contributed by atoms with van der Waals surface area (Å²) < 4.78 is 108. The number of ether oxygens (including phenoxy) is 7. The van der Waals surface area contributed by atoms with Crippen molar-refractivity contribution in [2.75, 3.05) is 6.61 Å². The number of rotatable bonds is 11. The van der Waals surface area contributed by atoms with Crippen molar-refractivity contribution in [3.8, 4) is 11.5 Å². The summed E-state index contributed by atoms with van der Waals surface area (Å²) in [6.45, 7) is 10.2. The summed E-state index contributed by atoms with van der Waals surface area (Å²) in [6, 6.07) is 4.30. The molecule has 278 valence electrons. The van der Waals surface area contributed by atoms with Gasteiger partial charge in [0.1, 0.15) is 25.1 Å². The Bertz CT molecular complexity index is 1630. The van der Waals surface area contributed by atoms with E-state index in [0.717, 1.165) is 27.7 Å². The van der Waals surface area contributed by atoms with Crippen LogP contribution in [0.2, 0.25) is 0 Å². The SMILES string of the molecule is CC(=O)OC[C@H]1O[C@@H](Oc2cc(B3OC(C)(C)C(C)(C)O3)ccc2COc2c(F)c(F)cc(F)c2F)[C@H](OC(C)=O)[C@@H](OC(C)=O)[C@H]1OC(C)=O. The second kappa shape index (κ2) is 15.4. The van der Waals surface area contributed by atoms with Gasteiger partial charge in [0, 0.05) is 39.3 Å². The fourth-order valence-electron chi connectivity index (χ4n) is 5.16. The molecule has 0 bridgehead atoms. The summed E-state index contributed by atoms with van der Waals surface area (Å²) >= 11 is 0. The van der Waals surface area contributed by atoms with E-state index in [1.165, 1.54) is 18.2 Å². The molecular weight excluding hydrogens is 691 g/mol. The van der Waals surface area contributed by atoms with Crippen molar-refractivity contribution >= 4 is 36.5 Å². The van der Waals surface area contributed by atoms with Gasteiger partial charge in [0.05, 0.1) is 11.2 Å². The molecule has 0 spiro atoms. The van der Waals surface area contributed by atoms with Crippen LogP contribution in [0.15, 0.2) is 24.3 Å². The van der Waals surface area contributed by atoms with Gasteiger partial charge in [0.2, 0.25) is 24.0 Å². The molecule has 0 aromatic heterocycles. The Kier molecular flexibility index (Phi) is 11.9. The van der Waals surface area contributed by atoms with Gasteiger partial charge >= 0.3 is 31.0 Å². The highest BCUT2D eigenvalue weighted by atomic mass is 19.2. The van der Waals surface area contributed by atoms with Crippen molar-refractivity contribution in [3.05, 3.63) is 53.1 Å². The third-order valence-electron chi connectivity index (χ3n) is 8.25. The van der Waals surface area contributed by atoms with Gasteiger partial charge in [-0.3, -0.25) is 19.2 Å². The van der Waals surface area contributed by atoms with Crippen molar-refractivity contribution in [2.45, 2.75) is 104 Å². The molecule has 18 heteroatoms. The molecule has 2 fully saturated rings. The van der Waals surface area contributed by atoms with E-state index in [1.54, 1.807) is 0 Å². The molecule has 2 aromatic rings. The third-order valence-corrected chi connectivity index (χ3v) is 8.25. The number of benzene rings is 2. The molecule has 4 rings (SSSR count). The largest absolute Gasteiger partial charge is 0.494 e. The molecule has 0 unspecified atom stereocenters. The van der Waals surface area contributed by atoms with E-state index in [9.17, 15) is 36.7 Å². The minimum atomic E-state index is -1.79. The van der Waals surface area contributed by atoms with E-state index in [2.05, 4.69) is 0 Å². The third kappa shape index (κ3) is 9.09. The second-order valence-electron chi connectivity index (χ2n) is 12.7. The summed E-state index contributed by atoms with van der Waals surface area (Å²) in [5, 5.41) is 0. The standard InChI is InChI=1S/C33H37BF4O13/c1-15(39)43-14-24-27(45-16(2)40)29(46-17(3)41)30(47-18(4)42)31(49-24)48-23-11-20(34-50-32(5,6)33(7,8)51-34)10-9-19(23)13-44-28-25(37)21(35)12-22(36)26(28)38/h9-12,24,27,29-31H,13-14H2,1-8H3/t24-,27+,29+,30-,31-/m1/s1. The Balaban J connectivity index is 1.81. The monoisotopic (exact) mass is 728 g/mol. The van der Waals surface area contributed by atoms with E-state index in [-0.39, 0.29) is 17.4 Å². The number of hydrogen-bond acceptors (Lipinski definition) is 13. The molecule has 2 aliphatic heterocycles. The van der Waals surface area contributed by atoms with Crippen molar-refractivity contribution in [3.63, 3.8) is 0 Å². The number of hydrogen-bond donors (Lipinski definition) is 0. The van der Waals surface area contributed by atoms with Crippen LogP contribution in [0.25, 0.3) is 0 Å². The van der Waals surface area contributed by atoms with Crippen molar-refractivity contribution in [1.82, 2.24) is 0 Å². The zero-order valence-corrected chi connectivity index (χ0v) is 29.0. The lowest BCUT2D eigenvalue weighted by atomic mass is 9.78. The van der Waals surface area contributed by atoms with E-state index >= 15 is 0 Å². The number of carbonyl (C=O) groups excluding carboxylic acids is 4. The number of esters is 4. The quantitative estimate of drug-likeness (QED) is 0.109. The topological polar surface area (TPSA) is 151 Å². The first-order valence-corrected chi connectivity index (χ1v) is 15.6. The zero-order valence-electron chi connectivity index (χ0n) is 29.0. The number of carbonyl (C=O) groups is 4. The van der Waals surface area contributed by atoms with Crippen LogP contribution in [0.5, 0.6) is 11.5 Å². The molecule has 2 aromatic carbocycles. The molecule has 5 atom stereocenters. The number of halogens is 4. The van der Waals surface area contributed by atoms with Crippen LogP contribution in [0.3, 0.4) is 0 Å². The fourth-order valence-corrected chi connectivity index (χ4v) is 5.16. The molecule has 0 saturated carbocycles. The lowest BCUT2D eigenvalue weighted by Crippen LogP contribution is -2.63. The van der Waals surface area contributed by atoms with Crippen molar-refractivity contribution in [1.29, 1.82) is 0 Å². The summed E-state index contributed by atoms with van der Waals surface area (Å²) in [6.07, 6.45) is -7.81. The van der Waals surface area contributed by atoms with Gasteiger partial charge in [0.15, 0.2) is 29.6 Å². The Morgan fingerprint density at radius 2 is 1.27 bits per heavy atom. The first-order valence-electron chi connectivity index (χ1n) is 15.6. The second-order valence-corrected chi connectivity index (χ2v) is 12.7. The van der Waals surface area contributed by atoms with Crippen LogP contribution in [0.1, 0.15) is 61.0 Å². The minimum absolute atomic E-state index is 0.00611. The first-order chi connectivity index (χ1) is 23.7. The highest BCUT2D eigenvalue weighted by Crippen LogP contribution is 2.38. The summed E-state index contributed by atoms with van der Waals surface area (Å²) in [5.41, 5.74) is -1.20. The van der Waals surface area contributed by atoms with E-state index in [1.807, 2.05) is 27.7 Å². The Labute approximate surface area is 290 Å². The van der Waals surface area contributed by atoms with Crippen LogP contribution < -0.4 is 14.9 Å². The molecule has 0 aliphatic carbocycles. The first kappa shape index (κ1) is 39.4. The average molecular weight is 728 g/mol. The van der Waals surface area contributed by atoms with Crippen molar-refractivity contribution in [2.24, 2.45) is 0 Å². The maximum Gasteiger partial charge on any atom is 0.494 e. The van der Waals surface area contributed by atoms with Crippen molar-refractivity contribution < 1.29 is 79.2 Å². The molecule has 2 saturated heterocycles. The highest BCUT2D eigenvalue weighted by Gasteiger charge is 2.54. The maximum atomic E-state index is 14.5. The normalized spacial score (nSPS) is 23.6. The average Bonchev–Trinajstić information content (AvgIpc) is 3.24. The maximum absolute atomic E-state index is 14.5. The van der Waals surface area contributed by atoms with Crippen LogP contribution in [-0.4, -0.2) is 79.5 Å². The van der Waals surface area contributed by atoms with Gasteiger partial charge in [-0.2, -0.15) is 8.78 Å². The molecule has 51 heavy (non-hydrogen) atoms. The molecule has 2 heterocycles. The Morgan fingerprint density at radius 3 is 1.80 bits per heavy atom. The van der Waals surface area contributed by atoms with Gasteiger partial charge in [-0.05, 0) is 39.2 Å². The van der Waals surface area contributed by atoms with Gasteiger partial charge in [0.25, 0.3) is 0 Å². The molecule has 13 nitrogen and oxygen atoms in total. The lowest BCUT2D eigenvalue weighted by molar-refractivity contribution is -0.288. The predicted molar refractivity (Wildman–Crippen MR) is 165 cm³/mol. The zero-order chi connectivity index (χ0) is 38.0. The highest BCUT2D eigenvalue weighted by molar-refractivity contribution is 6.62. The van der Waals surface area contributed by atoms with Crippen LogP contribution in [-0.2, 0) is 58.8 Å². The van der Waals surface area contributed by atoms with Gasteiger partial charge in [-0.25, -0.2) is 8.78 Å². The Hall–Kier alpha value is -4.42. The molecule has 0 amide bonds. The fraction of sp³-hybridized carbons (Fsp3) is 0.515. The van der Waals surface area contributed by atoms with Crippen LogP contribution in [0, 0.1) is 23.3 Å². The molecular formula is C33H37BF4O13. The predicted octanol–water partition coefficient (Wildman–Crippen LogP) is 3.58. The molecule has 0 radical (unpaired) electrons. The minimum Gasteiger partial charge on any atom is -0.483 e. The van der Waals surface area contributed by atoms with Gasteiger partial charge < -0.3 is 42.5 Å². The lowest BCUT2D eigenvalue weighted by Gasteiger charge is -2.44. The van der Waals surface area contributed by atoms with Crippen LogP contribution >= 0.6 is 0 Å². The summed E-state index contributed by atoms with van der Waals surface area (Å²) in [5.74, 6) is -11.9. The van der Waals surface area contributed by atoms with Gasteiger partial charge in [-0.1, -0.05) is 12.1 Å². The smallest absolute Gasteiger partial charge is 0.483 e. The summed E-state index contributed by atoms with van der Waals surface area (Å²) in [4.78, 5) is 48.4. The van der Waals surface area contributed by atoms with E-state index in [0.29, 0.717) is 5.46 Å². The molecule has 2 aliphatic rings.